The highest BCUT2D eigenvalue weighted by Gasteiger charge is 2.49. The van der Waals surface area contributed by atoms with Crippen LogP contribution >= 0.6 is 11.6 Å². The predicted molar refractivity (Wildman–Crippen MR) is 106 cm³/mol. The van der Waals surface area contributed by atoms with Gasteiger partial charge in [0.25, 0.3) is 5.91 Å². The molecular formula is C20H14ClF3N4O4. The van der Waals surface area contributed by atoms with E-state index in [4.69, 9.17) is 16.9 Å². The molecule has 2 aromatic rings. The van der Waals surface area contributed by atoms with E-state index in [0.29, 0.717) is 4.90 Å². The number of hydrogen-bond acceptors (Lipinski definition) is 5. The number of benzene rings is 2. The summed E-state index contributed by atoms with van der Waals surface area (Å²) in [5, 5.41) is 13.9. The second-order valence-electron chi connectivity index (χ2n) is 6.87. The van der Waals surface area contributed by atoms with Crippen LogP contribution in [0.3, 0.4) is 0 Å². The highest BCUT2D eigenvalue weighted by molar-refractivity contribution is 6.32. The summed E-state index contributed by atoms with van der Waals surface area (Å²) < 4.78 is 40.8. The zero-order chi connectivity index (χ0) is 23.7. The molecule has 1 aliphatic rings. The largest absolute Gasteiger partial charge is 0.573 e. The second-order valence-corrected chi connectivity index (χ2v) is 7.28. The first-order chi connectivity index (χ1) is 14.9. The van der Waals surface area contributed by atoms with Crippen molar-refractivity contribution >= 4 is 35.1 Å². The molecule has 32 heavy (non-hydrogen) atoms. The number of halogens is 4. The number of amides is 4. The standard InChI is InChI=1S/C20H14ClF3N4O4/c1-19(12-3-6-14(7-4-12)32-20(22,23)24)17(30)28(18(31)27-19)10-16(29)26-13-5-2-11(9-25)15(21)8-13/h2-8H,10H2,1H3,(H,26,29)(H,27,31). The number of carbonyl (C=O) groups excluding carboxylic acids is 3. The van der Waals surface area contributed by atoms with Crippen molar-refractivity contribution in [2.24, 2.45) is 0 Å². The summed E-state index contributed by atoms with van der Waals surface area (Å²) in [6, 6.07) is 9.64. The molecule has 1 aliphatic heterocycles. The highest BCUT2D eigenvalue weighted by atomic mass is 35.5. The third-order valence-corrected chi connectivity index (χ3v) is 4.93. The summed E-state index contributed by atoms with van der Waals surface area (Å²) in [7, 11) is 0. The molecule has 12 heteroatoms. The van der Waals surface area contributed by atoms with Gasteiger partial charge in [0.1, 0.15) is 23.9 Å². The van der Waals surface area contributed by atoms with Crippen LogP contribution in [0.15, 0.2) is 42.5 Å². The Labute approximate surface area is 184 Å². The van der Waals surface area contributed by atoms with Crippen LogP contribution < -0.4 is 15.4 Å². The summed E-state index contributed by atoms with van der Waals surface area (Å²) in [6.45, 7) is 0.748. The van der Waals surface area contributed by atoms with Gasteiger partial charge in [-0.05, 0) is 42.8 Å². The van der Waals surface area contributed by atoms with E-state index in [9.17, 15) is 27.6 Å². The lowest BCUT2D eigenvalue weighted by Gasteiger charge is -2.22. The van der Waals surface area contributed by atoms with Gasteiger partial charge >= 0.3 is 12.4 Å². The molecule has 0 aliphatic carbocycles. The van der Waals surface area contributed by atoms with Crippen molar-refractivity contribution in [1.29, 1.82) is 5.26 Å². The minimum Gasteiger partial charge on any atom is -0.406 e. The number of nitrogens with zero attached hydrogens (tertiary/aromatic N) is 2. The Bertz CT molecular complexity index is 1130. The van der Waals surface area contributed by atoms with Gasteiger partial charge < -0.3 is 15.4 Å². The van der Waals surface area contributed by atoms with Crippen LogP contribution in [0.5, 0.6) is 5.75 Å². The van der Waals surface area contributed by atoms with Gasteiger partial charge in [-0.15, -0.1) is 13.2 Å². The molecule has 0 spiro atoms. The predicted octanol–water partition coefficient (Wildman–Crippen LogP) is 3.52. The molecule has 0 aromatic heterocycles. The maximum Gasteiger partial charge on any atom is 0.573 e. The van der Waals surface area contributed by atoms with Gasteiger partial charge in [0.05, 0.1) is 10.6 Å². The zero-order valence-corrected chi connectivity index (χ0v) is 17.0. The van der Waals surface area contributed by atoms with Crippen LogP contribution in [0.25, 0.3) is 0 Å². The SMILES string of the molecule is CC1(c2ccc(OC(F)(F)F)cc2)NC(=O)N(CC(=O)Nc2ccc(C#N)c(Cl)c2)C1=O. The molecule has 0 radical (unpaired) electrons. The van der Waals surface area contributed by atoms with Gasteiger partial charge in [-0.3, -0.25) is 14.5 Å². The number of hydrogen-bond donors (Lipinski definition) is 2. The Morgan fingerprint density at radius 2 is 1.91 bits per heavy atom. The lowest BCUT2D eigenvalue weighted by Crippen LogP contribution is -2.42. The molecule has 2 N–H and O–H groups in total. The maximum absolute atomic E-state index is 12.9. The summed E-state index contributed by atoms with van der Waals surface area (Å²) >= 11 is 5.91. The lowest BCUT2D eigenvalue weighted by molar-refractivity contribution is -0.274. The van der Waals surface area contributed by atoms with E-state index < -0.39 is 42.0 Å². The first-order valence-corrected chi connectivity index (χ1v) is 9.30. The Morgan fingerprint density at radius 1 is 1.25 bits per heavy atom. The Morgan fingerprint density at radius 3 is 2.47 bits per heavy atom. The van der Waals surface area contributed by atoms with E-state index in [1.54, 1.807) is 0 Å². The van der Waals surface area contributed by atoms with E-state index >= 15 is 0 Å². The lowest BCUT2D eigenvalue weighted by atomic mass is 9.92. The van der Waals surface area contributed by atoms with Crippen molar-refractivity contribution in [2.45, 2.75) is 18.8 Å². The first kappa shape index (κ1) is 22.9. The molecule has 1 unspecified atom stereocenters. The van der Waals surface area contributed by atoms with Gasteiger partial charge in [0.2, 0.25) is 5.91 Å². The van der Waals surface area contributed by atoms with Crippen LogP contribution in [0, 0.1) is 11.3 Å². The van der Waals surface area contributed by atoms with E-state index in [2.05, 4.69) is 15.4 Å². The van der Waals surface area contributed by atoms with Gasteiger partial charge in [-0.1, -0.05) is 23.7 Å². The maximum atomic E-state index is 12.9. The quantitative estimate of drug-likeness (QED) is 0.655. The second kappa shape index (κ2) is 8.39. The molecule has 1 saturated heterocycles. The number of rotatable bonds is 5. The molecular weight excluding hydrogens is 453 g/mol. The number of alkyl halides is 3. The number of ether oxygens (including phenoxy) is 1. The minimum atomic E-state index is -4.87. The number of carbonyl (C=O) groups is 3. The average Bonchev–Trinajstić information content (AvgIpc) is 2.91. The van der Waals surface area contributed by atoms with E-state index in [1.807, 2.05) is 6.07 Å². The number of nitriles is 1. The Kier molecular flexibility index (Phi) is 6.00. The Hall–Kier alpha value is -3.78. The van der Waals surface area contributed by atoms with Crippen molar-refractivity contribution in [1.82, 2.24) is 10.2 Å². The zero-order valence-electron chi connectivity index (χ0n) is 16.3. The van der Waals surface area contributed by atoms with Crippen molar-refractivity contribution in [3.8, 4) is 11.8 Å². The van der Waals surface area contributed by atoms with E-state index in [-0.39, 0.29) is 21.8 Å². The third kappa shape index (κ3) is 4.76. The average molecular weight is 467 g/mol. The number of anilines is 1. The van der Waals surface area contributed by atoms with Crippen molar-refractivity contribution in [2.75, 3.05) is 11.9 Å². The molecule has 1 fully saturated rings. The smallest absolute Gasteiger partial charge is 0.406 e. The van der Waals surface area contributed by atoms with E-state index in [0.717, 1.165) is 12.1 Å². The summed E-state index contributed by atoms with van der Waals surface area (Å²) in [6.07, 6.45) is -4.87. The third-order valence-electron chi connectivity index (χ3n) is 4.62. The molecule has 3 rings (SSSR count). The molecule has 2 aromatic carbocycles. The molecule has 166 valence electrons. The van der Waals surface area contributed by atoms with E-state index in [1.165, 1.54) is 37.3 Å². The summed E-state index contributed by atoms with van der Waals surface area (Å²) in [4.78, 5) is 38.2. The van der Waals surface area contributed by atoms with Crippen LogP contribution in [-0.4, -0.2) is 35.7 Å². The fraction of sp³-hybridized carbons (Fsp3) is 0.200. The van der Waals surface area contributed by atoms with Crippen molar-refractivity contribution in [3.63, 3.8) is 0 Å². The topological polar surface area (TPSA) is 112 Å². The number of nitrogens with one attached hydrogen (secondary N) is 2. The van der Waals surface area contributed by atoms with Gasteiger partial charge in [-0.2, -0.15) is 5.26 Å². The van der Waals surface area contributed by atoms with Gasteiger partial charge in [-0.25, -0.2) is 4.79 Å². The Balaban J connectivity index is 1.71. The fourth-order valence-electron chi connectivity index (χ4n) is 3.05. The molecule has 4 amide bonds. The van der Waals surface area contributed by atoms with Crippen LogP contribution in [0.4, 0.5) is 23.7 Å². The van der Waals surface area contributed by atoms with Crippen molar-refractivity contribution < 1.29 is 32.3 Å². The fourth-order valence-corrected chi connectivity index (χ4v) is 3.28. The highest BCUT2D eigenvalue weighted by Crippen LogP contribution is 2.31. The normalized spacial score (nSPS) is 18.2. The van der Waals surface area contributed by atoms with Crippen LogP contribution in [0.1, 0.15) is 18.1 Å². The molecule has 0 bridgehead atoms. The van der Waals surface area contributed by atoms with Gasteiger partial charge in [0, 0.05) is 5.69 Å². The van der Waals surface area contributed by atoms with Crippen molar-refractivity contribution in [3.05, 3.63) is 58.6 Å². The molecule has 8 nitrogen and oxygen atoms in total. The number of urea groups is 1. The molecule has 0 saturated carbocycles. The first-order valence-electron chi connectivity index (χ1n) is 8.93. The monoisotopic (exact) mass is 466 g/mol. The van der Waals surface area contributed by atoms with Crippen LogP contribution in [-0.2, 0) is 15.1 Å². The minimum absolute atomic E-state index is 0.116. The molecule has 1 heterocycles. The number of imide groups is 1. The van der Waals surface area contributed by atoms with Crippen LogP contribution in [0.2, 0.25) is 5.02 Å². The summed E-state index contributed by atoms with van der Waals surface area (Å²) in [5.41, 5.74) is -0.922. The van der Waals surface area contributed by atoms with Gasteiger partial charge in [0.15, 0.2) is 0 Å². The molecule has 1 atom stereocenters. The summed E-state index contributed by atoms with van der Waals surface area (Å²) in [5.74, 6) is -1.95.